The fourth-order valence-electron chi connectivity index (χ4n) is 2.90. The minimum atomic E-state index is 0.452. The Hall–Kier alpha value is -1.15. The zero-order valence-corrected chi connectivity index (χ0v) is 12.4. The predicted octanol–water partition coefficient (Wildman–Crippen LogP) is 3.49. The van der Waals surface area contributed by atoms with Crippen LogP contribution in [0.2, 0.25) is 0 Å². The third kappa shape index (κ3) is 4.17. The summed E-state index contributed by atoms with van der Waals surface area (Å²) < 4.78 is 0. The Morgan fingerprint density at radius 3 is 2.47 bits per heavy atom. The van der Waals surface area contributed by atoms with E-state index in [2.05, 4.69) is 44.0 Å². The highest BCUT2D eigenvalue weighted by Crippen LogP contribution is 2.22. The highest BCUT2D eigenvalue weighted by molar-refractivity contribution is 5.79. The summed E-state index contributed by atoms with van der Waals surface area (Å²) in [7, 11) is 2.19. The lowest BCUT2D eigenvalue weighted by molar-refractivity contribution is -0.121. The fraction of sp³-hybridized carbons (Fsp3) is 0.588. The quantitative estimate of drug-likeness (QED) is 0.825. The van der Waals surface area contributed by atoms with Gasteiger partial charge in [0.25, 0.3) is 0 Å². The van der Waals surface area contributed by atoms with Crippen LogP contribution in [0.4, 0.5) is 0 Å². The van der Waals surface area contributed by atoms with Crippen LogP contribution in [-0.4, -0.2) is 24.3 Å². The van der Waals surface area contributed by atoms with Gasteiger partial charge in [-0.1, -0.05) is 18.2 Å². The molecule has 2 nitrogen and oxygen atoms in total. The maximum atomic E-state index is 11.2. The van der Waals surface area contributed by atoms with E-state index in [1.165, 1.54) is 16.7 Å². The van der Waals surface area contributed by atoms with E-state index in [9.17, 15) is 4.79 Å². The van der Waals surface area contributed by atoms with Gasteiger partial charge < -0.3 is 4.90 Å². The van der Waals surface area contributed by atoms with E-state index in [-0.39, 0.29) is 0 Å². The molecule has 19 heavy (non-hydrogen) atoms. The Bertz CT molecular complexity index is 443. The van der Waals surface area contributed by atoms with Crippen molar-refractivity contribution >= 4 is 5.78 Å². The molecule has 0 atom stereocenters. The summed E-state index contributed by atoms with van der Waals surface area (Å²) >= 11 is 0. The lowest BCUT2D eigenvalue weighted by Gasteiger charge is -2.26. The molecule has 0 unspecified atom stereocenters. The molecule has 2 rings (SSSR count). The zero-order valence-electron chi connectivity index (χ0n) is 12.4. The van der Waals surface area contributed by atoms with E-state index >= 15 is 0 Å². The largest absolute Gasteiger partial charge is 0.302 e. The lowest BCUT2D eigenvalue weighted by Crippen LogP contribution is -2.28. The second-order valence-corrected chi connectivity index (χ2v) is 6.10. The van der Waals surface area contributed by atoms with Gasteiger partial charge in [0.15, 0.2) is 0 Å². The number of ketones is 1. The summed E-state index contributed by atoms with van der Waals surface area (Å²) in [5.74, 6) is 1.15. The van der Waals surface area contributed by atoms with E-state index in [4.69, 9.17) is 0 Å². The number of hydrogen-bond donors (Lipinski definition) is 0. The first-order valence-electron chi connectivity index (χ1n) is 7.31. The maximum Gasteiger partial charge on any atom is 0.132 e. The van der Waals surface area contributed by atoms with Crippen molar-refractivity contribution in [2.75, 3.05) is 13.6 Å². The molecule has 0 heterocycles. The van der Waals surface area contributed by atoms with Crippen LogP contribution in [0.15, 0.2) is 18.2 Å². The normalized spacial score (nSPS) is 17.2. The van der Waals surface area contributed by atoms with Crippen LogP contribution in [0.1, 0.15) is 42.4 Å². The smallest absolute Gasteiger partial charge is 0.132 e. The number of nitrogens with zero attached hydrogens (tertiary/aromatic N) is 1. The monoisotopic (exact) mass is 259 g/mol. The Balaban J connectivity index is 1.85. The van der Waals surface area contributed by atoms with Crippen LogP contribution in [0.25, 0.3) is 0 Å². The SMILES string of the molecule is Cc1ccc(CN(C)CC2CCC(=O)CC2)cc1C. The van der Waals surface area contributed by atoms with Gasteiger partial charge in [-0.25, -0.2) is 0 Å². The molecule has 104 valence electrons. The summed E-state index contributed by atoms with van der Waals surface area (Å²) in [5.41, 5.74) is 4.11. The highest BCUT2D eigenvalue weighted by atomic mass is 16.1. The second-order valence-electron chi connectivity index (χ2n) is 6.10. The predicted molar refractivity (Wildman–Crippen MR) is 79.2 cm³/mol. The van der Waals surface area contributed by atoms with Crippen molar-refractivity contribution in [3.63, 3.8) is 0 Å². The molecule has 0 amide bonds. The van der Waals surface area contributed by atoms with E-state index in [0.29, 0.717) is 11.7 Å². The van der Waals surface area contributed by atoms with Crippen LogP contribution in [-0.2, 0) is 11.3 Å². The average molecular weight is 259 g/mol. The first-order valence-corrected chi connectivity index (χ1v) is 7.31. The minimum Gasteiger partial charge on any atom is -0.302 e. The Kier molecular flexibility index (Phi) is 4.76. The number of benzene rings is 1. The van der Waals surface area contributed by atoms with E-state index in [1.807, 2.05) is 0 Å². The molecule has 0 bridgehead atoms. The van der Waals surface area contributed by atoms with Crippen LogP contribution >= 0.6 is 0 Å². The van der Waals surface area contributed by atoms with Crippen LogP contribution in [0, 0.1) is 19.8 Å². The summed E-state index contributed by atoms with van der Waals surface area (Å²) in [5, 5.41) is 0. The van der Waals surface area contributed by atoms with Crippen molar-refractivity contribution in [3.05, 3.63) is 34.9 Å². The standard InChI is InChI=1S/C17H25NO/c1-13-4-5-16(10-14(13)2)12-18(3)11-15-6-8-17(19)9-7-15/h4-5,10,15H,6-9,11-12H2,1-3H3. The summed E-state index contributed by atoms with van der Waals surface area (Å²) in [6.07, 6.45) is 3.75. The van der Waals surface area contributed by atoms with Crippen molar-refractivity contribution in [2.24, 2.45) is 5.92 Å². The van der Waals surface area contributed by atoms with E-state index < -0.39 is 0 Å². The van der Waals surface area contributed by atoms with Gasteiger partial charge in [-0.2, -0.15) is 0 Å². The molecule has 0 aromatic heterocycles. The molecule has 1 aliphatic carbocycles. The third-order valence-corrected chi connectivity index (χ3v) is 4.26. The fourth-order valence-corrected chi connectivity index (χ4v) is 2.90. The number of rotatable bonds is 4. The van der Waals surface area contributed by atoms with Gasteiger partial charge in [-0.15, -0.1) is 0 Å². The van der Waals surface area contributed by atoms with Crippen LogP contribution in [0.3, 0.4) is 0 Å². The Morgan fingerprint density at radius 1 is 1.16 bits per heavy atom. The molecule has 1 saturated carbocycles. The second kappa shape index (κ2) is 6.33. The minimum absolute atomic E-state index is 0.452. The maximum absolute atomic E-state index is 11.2. The number of hydrogen-bond acceptors (Lipinski definition) is 2. The van der Waals surface area contributed by atoms with Gasteiger partial charge in [0.1, 0.15) is 5.78 Å². The van der Waals surface area contributed by atoms with Gasteiger partial charge in [0.05, 0.1) is 0 Å². The van der Waals surface area contributed by atoms with Crippen molar-refractivity contribution in [3.8, 4) is 0 Å². The molecule has 0 aliphatic heterocycles. The summed E-state index contributed by atoms with van der Waals surface area (Å²) in [4.78, 5) is 13.6. The molecule has 1 aromatic rings. The highest BCUT2D eigenvalue weighted by Gasteiger charge is 2.19. The summed E-state index contributed by atoms with van der Waals surface area (Å²) in [6.45, 7) is 6.44. The van der Waals surface area contributed by atoms with Crippen LogP contribution in [0.5, 0.6) is 0 Å². The summed E-state index contributed by atoms with van der Waals surface area (Å²) in [6, 6.07) is 6.72. The molecule has 1 aliphatic rings. The number of carbonyl (C=O) groups is 1. The van der Waals surface area contributed by atoms with E-state index in [0.717, 1.165) is 38.8 Å². The molecule has 0 spiro atoms. The number of aryl methyl sites for hydroxylation is 2. The van der Waals surface area contributed by atoms with Gasteiger partial charge >= 0.3 is 0 Å². The van der Waals surface area contributed by atoms with Crippen LogP contribution < -0.4 is 0 Å². The van der Waals surface area contributed by atoms with Crippen molar-refractivity contribution in [2.45, 2.75) is 46.1 Å². The first kappa shape index (κ1) is 14.3. The molecule has 0 saturated heterocycles. The Morgan fingerprint density at radius 2 is 1.84 bits per heavy atom. The van der Waals surface area contributed by atoms with Crippen molar-refractivity contribution in [1.82, 2.24) is 4.90 Å². The molecule has 0 radical (unpaired) electrons. The number of Topliss-reactive ketones (excluding diaryl/α,β-unsaturated/α-hetero) is 1. The first-order chi connectivity index (χ1) is 9.04. The molecule has 1 fully saturated rings. The van der Waals surface area contributed by atoms with Crippen molar-refractivity contribution in [1.29, 1.82) is 0 Å². The molecule has 2 heteroatoms. The average Bonchev–Trinajstić information content (AvgIpc) is 2.37. The van der Waals surface area contributed by atoms with Gasteiger partial charge in [0, 0.05) is 25.9 Å². The van der Waals surface area contributed by atoms with E-state index in [1.54, 1.807) is 0 Å². The van der Waals surface area contributed by atoms with Gasteiger partial charge in [-0.05, 0) is 56.3 Å². The lowest BCUT2D eigenvalue weighted by atomic mass is 9.88. The van der Waals surface area contributed by atoms with Gasteiger partial charge in [-0.3, -0.25) is 4.79 Å². The molecule has 0 N–H and O–H groups in total. The molecule has 1 aromatic carbocycles. The Labute approximate surface area is 116 Å². The zero-order chi connectivity index (χ0) is 13.8. The molecular formula is C17H25NO. The van der Waals surface area contributed by atoms with Crippen molar-refractivity contribution < 1.29 is 4.79 Å². The molecular weight excluding hydrogens is 234 g/mol. The third-order valence-electron chi connectivity index (χ3n) is 4.26. The topological polar surface area (TPSA) is 20.3 Å². The number of carbonyl (C=O) groups excluding carboxylic acids is 1. The van der Waals surface area contributed by atoms with Gasteiger partial charge in [0.2, 0.25) is 0 Å².